The number of esters is 1. The fourth-order valence-electron chi connectivity index (χ4n) is 4.64. The first-order chi connectivity index (χ1) is 21.5. The van der Waals surface area contributed by atoms with Gasteiger partial charge in [0.25, 0.3) is 0 Å². The second-order valence-electron chi connectivity index (χ2n) is 10.5. The Morgan fingerprint density at radius 2 is 1.20 bits per heavy atom. The van der Waals surface area contributed by atoms with Crippen molar-refractivity contribution in [3.63, 3.8) is 0 Å². The number of sulfone groups is 2. The second-order valence-corrected chi connectivity index (χ2v) is 15.1. The predicted octanol–water partition coefficient (Wildman–Crippen LogP) is 3.28. The van der Waals surface area contributed by atoms with Crippen LogP contribution < -0.4 is 10.2 Å². The number of amides is 4. The molecule has 1 N–H and O–H groups in total. The zero-order valence-corrected chi connectivity index (χ0v) is 26.5. The number of ether oxygens (including phenoxy) is 1. The van der Waals surface area contributed by atoms with Crippen LogP contribution in [0.15, 0.2) is 84.9 Å². The average molecular weight is 657 g/mol. The molecule has 0 aliphatic carbocycles. The lowest BCUT2D eigenvalue weighted by Gasteiger charge is -2.33. The molecule has 2 saturated heterocycles. The highest BCUT2D eigenvalue weighted by atomic mass is 32.2. The summed E-state index contributed by atoms with van der Waals surface area (Å²) in [6.45, 7) is 1.20. The molecule has 2 aliphatic rings. The Labute approximate surface area is 263 Å². The van der Waals surface area contributed by atoms with Crippen molar-refractivity contribution in [2.45, 2.75) is 6.54 Å². The van der Waals surface area contributed by atoms with Crippen molar-refractivity contribution in [3.05, 3.63) is 96.1 Å². The normalized spacial score (nSPS) is 16.8. The van der Waals surface area contributed by atoms with Gasteiger partial charge in [-0.25, -0.2) is 31.2 Å². The van der Waals surface area contributed by atoms with E-state index in [-0.39, 0.29) is 61.3 Å². The number of para-hydroxylation sites is 2. The highest BCUT2D eigenvalue weighted by Gasteiger charge is 2.29. The summed E-state index contributed by atoms with van der Waals surface area (Å²) in [5, 5.41) is 2.73. The van der Waals surface area contributed by atoms with Gasteiger partial charge in [-0.3, -0.25) is 4.90 Å². The van der Waals surface area contributed by atoms with Crippen molar-refractivity contribution in [2.24, 2.45) is 0 Å². The van der Waals surface area contributed by atoms with E-state index in [9.17, 15) is 31.2 Å². The van der Waals surface area contributed by atoms with Gasteiger partial charge in [0.2, 0.25) is 0 Å². The van der Waals surface area contributed by atoms with Gasteiger partial charge in [-0.15, -0.1) is 0 Å². The van der Waals surface area contributed by atoms with Crippen LogP contribution in [-0.4, -0.2) is 101 Å². The lowest BCUT2D eigenvalue weighted by atomic mass is 10.1. The third kappa shape index (κ3) is 9.78. The van der Waals surface area contributed by atoms with E-state index >= 15 is 0 Å². The van der Waals surface area contributed by atoms with Gasteiger partial charge >= 0.3 is 18.0 Å². The summed E-state index contributed by atoms with van der Waals surface area (Å²) >= 11 is 0. The SMILES string of the molecule is COC(=O)c1ccc(CN(C(=O)N2CCS(=O)(=O)CC2)c2ccccc2)cc1.O=C(Nc1ccccc1)N1CCS(=O)(=O)CC1. The zero-order valence-electron chi connectivity index (χ0n) is 24.9. The number of hydrogen-bond acceptors (Lipinski definition) is 8. The van der Waals surface area contributed by atoms with Crippen LogP contribution in [0.4, 0.5) is 21.0 Å². The molecule has 2 aliphatic heterocycles. The van der Waals surface area contributed by atoms with Crippen molar-refractivity contribution < 1.29 is 36.0 Å². The molecule has 12 nitrogen and oxygen atoms in total. The van der Waals surface area contributed by atoms with Crippen molar-refractivity contribution >= 4 is 49.1 Å². The largest absolute Gasteiger partial charge is 0.465 e. The van der Waals surface area contributed by atoms with Crippen LogP contribution in [0.2, 0.25) is 0 Å². The molecule has 14 heteroatoms. The van der Waals surface area contributed by atoms with Crippen molar-refractivity contribution in [1.82, 2.24) is 9.80 Å². The molecular weight excluding hydrogens is 620 g/mol. The van der Waals surface area contributed by atoms with E-state index in [2.05, 4.69) is 5.32 Å². The van der Waals surface area contributed by atoms with Gasteiger partial charge in [-0.1, -0.05) is 48.5 Å². The summed E-state index contributed by atoms with van der Waals surface area (Å²) in [5.41, 5.74) is 2.71. The molecule has 3 aromatic rings. The fourth-order valence-corrected chi connectivity index (χ4v) is 7.04. The van der Waals surface area contributed by atoms with Crippen LogP contribution in [0, 0.1) is 0 Å². The maximum atomic E-state index is 13.1. The Balaban J connectivity index is 0.000000231. The van der Waals surface area contributed by atoms with E-state index in [4.69, 9.17) is 4.74 Å². The van der Waals surface area contributed by atoms with E-state index < -0.39 is 25.6 Å². The number of methoxy groups -OCH3 is 1. The van der Waals surface area contributed by atoms with E-state index in [1.54, 1.807) is 46.2 Å². The first-order valence-corrected chi connectivity index (χ1v) is 17.9. The van der Waals surface area contributed by atoms with Gasteiger partial charge in [-0.2, -0.15) is 0 Å². The third-order valence-corrected chi connectivity index (χ3v) is 10.5. The minimum atomic E-state index is -3.07. The number of rotatable bonds is 5. The lowest BCUT2D eigenvalue weighted by molar-refractivity contribution is 0.0600. The van der Waals surface area contributed by atoms with Crippen LogP contribution in [0.5, 0.6) is 0 Å². The van der Waals surface area contributed by atoms with Crippen LogP contribution in [0.1, 0.15) is 15.9 Å². The summed E-state index contributed by atoms with van der Waals surface area (Å²) in [6, 6.07) is 24.7. The summed E-state index contributed by atoms with van der Waals surface area (Å²) in [4.78, 5) is 41.2. The molecule has 0 atom stereocenters. The first-order valence-electron chi connectivity index (χ1n) is 14.3. The summed E-state index contributed by atoms with van der Waals surface area (Å²) in [6.07, 6.45) is 0. The first kappa shape index (κ1) is 33.5. The Morgan fingerprint density at radius 3 is 1.71 bits per heavy atom. The minimum absolute atomic E-state index is 0.0187. The van der Waals surface area contributed by atoms with Gasteiger partial charge in [0.05, 0.1) is 42.2 Å². The molecule has 0 saturated carbocycles. The smallest absolute Gasteiger partial charge is 0.337 e. The number of anilines is 2. The number of nitrogens with zero attached hydrogens (tertiary/aromatic N) is 3. The quantitative estimate of drug-likeness (QED) is 0.411. The third-order valence-electron chi connectivity index (χ3n) is 7.29. The van der Waals surface area contributed by atoms with Crippen LogP contribution in [0.3, 0.4) is 0 Å². The fraction of sp³-hybridized carbons (Fsp3) is 0.323. The maximum Gasteiger partial charge on any atom is 0.337 e. The molecule has 3 aromatic carbocycles. The number of carbonyl (C=O) groups is 3. The molecule has 0 spiro atoms. The molecule has 0 aromatic heterocycles. The molecule has 0 radical (unpaired) electrons. The number of benzene rings is 3. The molecule has 0 unspecified atom stereocenters. The topological polar surface area (TPSA) is 150 Å². The Morgan fingerprint density at radius 1 is 0.711 bits per heavy atom. The van der Waals surface area contributed by atoms with E-state index in [0.29, 0.717) is 17.8 Å². The van der Waals surface area contributed by atoms with Crippen molar-refractivity contribution in [3.8, 4) is 0 Å². The van der Waals surface area contributed by atoms with Crippen LogP contribution >= 0.6 is 0 Å². The summed E-state index contributed by atoms with van der Waals surface area (Å²) in [7, 11) is -4.69. The van der Waals surface area contributed by atoms with Crippen LogP contribution in [0.25, 0.3) is 0 Å². The molecule has 240 valence electrons. The van der Waals surface area contributed by atoms with Crippen molar-refractivity contribution in [1.29, 1.82) is 0 Å². The number of urea groups is 2. The number of hydrogen-bond donors (Lipinski definition) is 1. The van der Waals surface area contributed by atoms with Gasteiger partial charge in [0.1, 0.15) is 0 Å². The highest BCUT2D eigenvalue weighted by molar-refractivity contribution is 7.91. The van der Waals surface area contributed by atoms with Gasteiger partial charge in [0.15, 0.2) is 19.7 Å². The average Bonchev–Trinajstić information content (AvgIpc) is 3.04. The number of nitrogens with one attached hydrogen (secondary N) is 1. The lowest BCUT2D eigenvalue weighted by Crippen LogP contribution is -2.49. The molecule has 4 amide bonds. The molecule has 0 bridgehead atoms. The highest BCUT2D eigenvalue weighted by Crippen LogP contribution is 2.21. The molecule has 5 rings (SSSR count). The van der Waals surface area contributed by atoms with Gasteiger partial charge in [-0.05, 0) is 42.0 Å². The second kappa shape index (κ2) is 15.0. The molecular formula is C31H36N4O8S2. The predicted molar refractivity (Wildman–Crippen MR) is 172 cm³/mol. The van der Waals surface area contributed by atoms with Gasteiger partial charge in [0, 0.05) is 37.6 Å². The van der Waals surface area contributed by atoms with E-state index in [1.807, 2.05) is 48.5 Å². The zero-order chi connectivity index (χ0) is 32.5. The van der Waals surface area contributed by atoms with Crippen molar-refractivity contribution in [2.75, 3.05) is 66.5 Å². The molecule has 2 heterocycles. The minimum Gasteiger partial charge on any atom is -0.465 e. The van der Waals surface area contributed by atoms with Crippen LogP contribution in [-0.2, 0) is 31.0 Å². The summed E-state index contributed by atoms with van der Waals surface area (Å²) in [5.74, 6) is -0.355. The Bertz CT molecular complexity index is 1660. The maximum absolute atomic E-state index is 13.1. The Hall–Kier alpha value is -4.43. The van der Waals surface area contributed by atoms with Gasteiger partial charge < -0.3 is 19.9 Å². The number of carbonyl (C=O) groups excluding carboxylic acids is 3. The summed E-state index contributed by atoms with van der Waals surface area (Å²) < 4.78 is 50.5. The standard InChI is InChI=1S/C20H22N2O5S.C11H14N2O3S/c1-27-19(23)17-9-7-16(8-10-17)15-22(18-5-3-2-4-6-18)20(24)21-11-13-28(25,26)14-12-21;14-11(12-10-4-2-1-3-5-10)13-6-8-17(15,16)9-7-13/h2-10H,11-15H2,1H3;1-5H,6-9H2,(H,12,14). The van der Waals surface area contributed by atoms with E-state index in [0.717, 1.165) is 11.3 Å². The van der Waals surface area contributed by atoms with E-state index in [1.165, 1.54) is 12.0 Å². The Kier molecular flexibility index (Phi) is 11.2. The molecule has 45 heavy (non-hydrogen) atoms. The molecule has 2 fully saturated rings. The monoisotopic (exact) mass is 656 g/mol.